The molecule has 0 bridgehead atoms. The van der Waals surface area contributed by atoms with Crippen LogP contribution in [0.5, 0.6) is 0 Å². The second kappa shape index (κ2) is 59.6. The number of hydrogen-bond donors (Lipinski definition) is 12. The van der Waals surface area contributed by atoms with E-state index in [9.17, 15) is 61.0 Å². The minimum Gasteiger partial charge on any atom is -0.394 e. The highest BCUT2D eigenvalue weighted by Crippen LogP contribution is 2.33. The number of rotatable bonds is 61. The van der Waals surface area contributed by atoms with Crippen LogP contribution in [0.1, 0.15) is 290 Å². The van der Waals surface area contributed by atoms with Gasteiger partial charge in [0.1, 0.15) is 73.2 Å². The molecule has 3 heterocycles. The lowest BCUT2D eigenvalue weighted by Gasteiger charge is -2.48. The standard InChI is InChI=1S/C79H141NO18/c1-3-5-7-9-11-13-15-17-19-21-23-25-27-29-31-33-35-37-39-41-43-45-47-49-51-53-55-57-67(85)80-62(63(84)56-54-52-50-48-46-44-42-40-38-36-34-32-30-28-26-24-22-20-18-16-14-12-10-8-6-4-2)61-93-77-73(91)70(88)75(65(59-82)95-77)98-79-74(92)71(89)76(66(60-83)96-79)97-78-72(90)69(87)68(86)64(58-81)94-78/h5,7,11,13,17,19,23,25,29,31,35,37,62-66,68-79,81-84,86-92H,3-4,6,8-10,12,14-16,18,20-22,24,26-28,30,32-34,36,38-61H2,1-2H3,(H,80,85)/b7-5-,13-11-,19-17-,25-23-,31-29-,37-35-. The highest BCUT2D eigenvalue weighted by molar-refractivity contribution is 5.76. The number of nitrogens with one attached hydrogen (secondary N) is 1. The van der Waals surface area contributed by atoms with Gasteiger partial charge in [-0.3, -0.25) is 4.79 Å². The number of unbranched alkanes of at least 4 members (excludes halogenated alkanes) is 33. The second-order valence-electron chi connectivity index (χ2n) is 27.8. The predicted octanol–water partition coefficient (Wildman–Crippen LogP) is 12.4. The zero-order valence-corrected chi connectivity index (χ0v) is 60.8. The first-order chi connectivity index (χ1) is 47.8. The number of allylic oxidation sites excluding steroid dienone is 12. The molecule has 0 saturated carbocycles. The van der Waals surface area contributed by atoms with Crippen LogP contribution in [0.4, 0.5) is 0 Å². The molecule has 19 heteroatoms. The Hall–Kier alpha value is -2.77. The Labute approximate surface area is 591 Å². The van der Waals surface area contributed by atoms with E-state index in [0.717, 1.165) is 96.3 Å². The first kappa shape index (κ1) is 89.4. The molecule has 17 atom stereocenters. The average Bonchev–Trinajstić information content (AvgIpc) is 0.785. The molecule has 3 fully saturated rings. The van der Waals surface area contributed by atoms with Gasteiger partial charge < -0.3 is 89.9 Å². The van der Waals surface area contributed by atoms with E-state index in [1.807, 2.05) is 0 Å². The number of aliphatic hydroxyl groups excluding tert-OH is 11. The minimum atomic E-state index is -1.98. The van der Waals surface area contributed by atoms with Gasteiger partial charge >= 0.3 is 0 Å². The largest absolute Gasteiger partial charge is 0.394 e. The number of amides is 1. The summed E-state index contributed by atoms with van der Waals surface area (Å²) in [6, 6.07) is -0.898. The normalized spacial score (nSPS) is 27.1. The summed E-state index contributed by atoms with van der Waals surface area (Å²) in [6.45, 7) is 1.71. The van der Waals surface area contributed by atoms with Crippen molar-refractivity contribution in [2.75, 3.05) is 26.4 Å². The Kier molecular flexibility index (Phi) is 54.4. The molecule has 3 aliphatic rings. The van der Waals surface area contributed by atoms with Crippen molar-refractivity contribution < 1.29 is 89.4 Å². The minimum absolute atomic E-state index is 0.251. The van der Waals surface area contributed by atoms with Gasteiger partial charge in [-0.2, -0.15) is 0 Å². The van der Waals surface area contributed by atoms with Crippen LogP contribution in [0.3, 0.4) is 0 Å². The number of carbonyl (C=O) groups excluding carboxylic acids is 1. The van der Waals surface area contributed by atoms with Gasteiger partial charge in [0.15, 0.2) is 18.9 Å². The molecule has 0 aromatic carbocycles. The fraction of sp³-hybridized carbons (Fsp3) is 0.835. The fourth-order valence-corrected chi connectivity index (χ4v) is 13.0. The molecule has 0 aliphatic carbocycles. The maximum absolute atomic E-state index is 13.5. The van der Waals surface area contributed by atoms with Gasteiger partial charge in [0, 0.05) is 6.42 Å². The Balaban J connectivity index is 1.39. The maximum atomic E-state index is 13.5. The van der Waals surface area contributed by atoms with Crippen LogP contribution in [-0.2, 0) is 33.2 Å². The zero-order valence-electron chi connectivity index (χ0n) is 60.8. The van der Waals surface area contributed by atoms with Gasteiger partial charge in [-0.25, -0.2) is 0 Å². The molecule has 0 aromatic heterocycles. The van der Waals surface area contributed by atoms with E-state index in [2.05, 4.69) is 92.1 Å². The Morgan fingerprint density at radius 2 is 0.704 bits per heavy atom. The highest BCUT2D eigenvalue weighted by Gasteiger charge is 2.54. The van der Waals surface area contributed by atoms with Crippen molar-refractivity contribution in [3.8, 4) is 0 Å². The van der Waals surface area contributed by atoms with Gasteiger partial charge in [0.25, 0.3) is 0 Å². The molecule has 98 heavy (non-hydrogen) atoms. The van der Waals surface area contributed by atoms with Crippen LogP contribution in [0.15, 0.2) is 72.9 Å². The summed E-state index contributed by atoms with van der Waals surface area (Å²) < 4.78 is 34.5. The molecule has 0 spiro atoms. The molecule has 0 radical (unpaired) electrons. The molecule has 12 N–H and O–H groups in total. The Morgan fingerprint density at radius 1 is 0.378 bits per heavy atom. The van der Waals surface area contributed by atoms with E-state index in [1.54, 1.807) is 0 Å². The summed E-state index contributed by atoms with van der Waals surface area (Å²) in [5.74, 6) is -0.251. The lowest BCUT2D eigenvalue weighted by atomic mass is 9.96. The highest BCUT2D eigenvalue weighted by atomic mass is 16.8. The van der Waals surface area contributed by atoms with Crippen molar-refractivity contribution in [3.63, 3.8) is 0 Å². The third-order valence-electron chi connectivity index (χ3n) is 19.3. The second-order valence-corrected chi connectivity index (χ2v) is 27.8. The Morgan fingerprint density at radius 3 is 1.10 bits per heavy atom. The van der Waals surface area contributed by atoms with E-state index >= 15 is 0 Å². The number of carbonyl (C=O) groups is 1. The molecular formula is C79H141NO18. The van der Waals surface area contributed by atoms with E-state index in [1.165, 1.54) is 161 Å². The summed E-state index contributed by atoms with van der Waals surface area (Å²) in [5, 5.41) is 121. The summed E-state index contributed by atoms with van der Waals surface area (Å²) >= 11 is 0. The summed E-state index contributed by atoms with van der Waals surface area (Å²) in [7, 11) is 0. The molecule has 1 amide bonds. The van der Waals surface area contributed by atoms with Crippen LogP contribution in [0.25, 0.3) is 0 Å². The third kappa shape index (κ3) is 39.8. The number of aliphatic hydroxyl groups is 11. The number of ether oxygens (including phenoxy) is 6. The van der Waals surface area contributed by atoms with E-state index < -0.39 is 124 Å². The summed E-state index contributed by atoms with van der Waals surface area (Å²) in [5.41, 5.74) is 0. The molecule has 19 nitrogen and oxygen atoms in total. The van der Waals surface area contributed by atoms with Crippen LogP contribution in [0.2, 0.25) is 0 Å². The van der Waals surface area contributed by atoms with Crippen molar-refractivity contribution >= 4 is 5.91 Å². The van der Waals surface area contributed by atoms with Crippen LogP contribution < -0.4 is 5.32 Å². The van der Waals surface area contributed by atoms with Gasteiger partial charge in [-0.15, -0.1) is 0 Å². The van der Waals surface area contributed by atoms with Gasteiger partial charge in [0.05, 0.1) is 38.6 Å². The van der Waals surface area contributed by atoms with Crippen molar-refractivity contribution in [1.29, 1.82) is 0 Å². The van der Waals surface area contributed by atoms with Gasteiger partial charge in [-0.1, -0.05) is 292 Å². The fourth-order valence-electron chi connectivity index (χ4n) is 13.0. The zero-order chi connectivity index (χ0) is 71.1. The topological polar surface area (TPSA) is 307 Å². The van der Waals surface area contributed by atoms with Gasteiger partial charge in [-0.05, 0) is 64.2 Å². The molecule has 3 aliphatic heterocycles. The van der Waals surface area contributed by atoms with E-state index in [4.69, 9.17) is 28.4 Å². The summed E-state index contributed by atoms with van der Waals surface area (Å²) in [4.78, 5) is 13.5. The molecule has 3 rings (SSSR count). The molecule has 17 unspecified atom stereocenters. The molecule has 3 saturated heterocycles. The monoisotopic (exact) mass is 1390 g/mol. The lowest BCUT2D eigenvalue weighted by molar-refractivity contribution is -0.379. The average molecular weight is 1390 g/mol. The van der Waals surface area contributed by atoms with Crippen molar-refractivity contribution in [2.24, 2.45) is 0 Å². The molecule has 570 valence electrons. The first-order valence-electron chi connectivity index (χ1n) is 39.2. The Bertz CT molecular complexity index is 2050. The number of hydrogen-bond acceptors (Lipinski definition) is 18. The van der Waals surface area contributed by atoms with Crippen LogP contribution in [0, 0.1) is 0 Å². The lowest BCUT2D eigenvalue weighted by Crippen LogP contribution is -2.66. The summed E-state index contributed by atoms with van der Waals surface area (Å²) in [6.07, 6.45) is 49.7. The molecular weight excluding hydrogens is 1250 g/mol. The molecule has 0 aromatic rings. The van der Waals surface area contributed by atoms with Gasteiger partial charge in [0.2, 0.25) is 5.91 Å². The first-order valence-corrected chi connectivity index (χ1v) is 39.2. The predicted molar refractivity (Wildman–Crippen MR) is 388 cm³/mol. The van der Waals surface area contributed by atoms with E-state index in [0.29, 0.717) is 12.8 Å². The van der Waals surface area contributed by atoms with Crippen LogP contribution in [-0.4, -0.2) is 193 Å². The smallest absolute Gasteiger partial charge is 0.220 e. The SMILES string of the molecule is CC/C=C\C/C=C\C/C=C\C/C=C\C/C=C\C/C=C\CCCCCCCCCCC(=O)NC(COC1OC(CO)C(OC2OC(CO)C(OC3OC(CO)C(O)C(O)C3O)C(O)C2O)C(O)C1O)C(O)CCCCCCCCCCCCCCCCCCCCCCCCCCCC. The maximum Gasteiger partial charge on any atom is 0.220 e. The quantitative estimate of drug-likeness (QED) is 0.0199. The van der Waals surface area contributed by atoms with E-state index in [-0.39, 0.29) is 18.9 Å². The van der Waals surface area contributed by atoms with Crippen molar-refractivity contribution in [2.45, 2.75) is 394 Å². The van der Waals surface area contributed by atoms with Crippen LogP contribution >= 0.6 is 0 Å². The van der Waals surface area contributed by atoms with Crippen molar-refractivity contribution in [3.05, 3.63) is 72.9 Å². The van der Waals surface area contributed by atoms with Crippen molar-refractivity contribution in [1.82, 2.24) is 5.32 Å². The third-order valence-corrected chi connectivity index (χ3v) is 19.3.